The maximum Gasteiger partial charge on any atom is 0.243 e. The predicted octanol–water partition coefficient (Wildman–Crippen LogP) is 2.25. The van der Waals surface area contributed by atoms with Gasteiger partial charge in [-0.05, 0) is 31.2 Å². The lowest BCUT2D eigenvalue weighted by atomic mass is 10.1. The Labute approximate surface area is 104 Å². The predicted molar refractivity (Wildman–Crippen MR) is 68.8 cm³/mol. The average Bonchev–Trinajstić information content (AvgIpc) is 2.96. The normalized spacial score (nSPS) is 13.1. The Balaban J connectivity index is 2.07. The van der Waals surface area contributed by atoms with E-state index in [0.717, 1.165) is 10.9 Å². The second kappa shape index (κ2) is 3.96. The second-order valence-corrected chi connectivity index (χ2v) is 4.45. The van der Waals surface area contributed by atoms with Gasteiger partial charge in [0.15, 0.2) is 0 Å². The number of benzene rings is 1. The van der Waals surface area contributed by atoms with E-state index in [4.69, 9.17) is 10.3 Å². The van der Waals surface area contributed by atoms with Gasteiger partial charge in [0.2, 0.25) is 11.7 Å². The summed E-state index contributed by atoms with van der Waals surface area (Å²) >= 11 is 0. The molecule has 1 aromatic carbocycles. The van der Waals surface area contributed by atoms with Crippen molar-refractivity contribution in [3.05, 3.63) is 36.4 Å². The molecule has 0 saturated carbocycles. The molecule has 3 aromatic rings. The highest BCUT2D eigenvalue weighted by Gasteiger charge is 2.12. The molecule has 18 heavy (non-hydrogen) atoms. The number of hydrogen-bond donors (Lipinski definition) is 1. The highest BCUT2D eigenvalue weighted by atomic mass is 16.5. The SMILES string of the molecule is C[C@H](N)c1nc(-c2ccc3c(ccn3C)c2)no1. The Morgan fingerprint density at radius 3 is 2.89 bits per heavy atom. The smallest absolute Gasteiger partial charge is 0.243 e. The summed E-state index contributed by atoms with van der Waals surface area (Å²) in [4.78, 5) is 4.28. The van der Waals surface area contributed by atoms with E-state index in [0.29, 0.717) is 11.7 Å². The molecule has 0 amide bonds. The topological polar surface area (TPSA) is 69.9 Å². The fourth-order valence-electron chi connectivity index (χ4n) is 1.96. The zero-order valence-electron chi connectivity index (χ0n) is 10.3. The van der Waals surface area contributed by atoms with Gasteiger partial charge >= 0.3 is 0 Å². The van der Waals surface area contributed by atoms with E-state index in [1.807, 2.05) is 38.4 Å². The van der Waals surface area contributed by atoms with Crippen molar-refractivity contribution in [2.24, 2.45) is 12.8 Å². The van der Waals surface area contributed by atoms with Crippen LogP contribution < -0.4 is 5.73 Å². The molecule has 0 fully saturated rings. The molecule has 0 bridgehead atoms. The number of hydrogen-bond acceptors (Lipinski definition) is 4. The zero-order chi connectivity index (χ0) is 12.7. The van der Waals surface area contributed by atoms with Crippen LogP contribution in [0.4, 0.5) is 0 Å². The maximum absolute atomic E-state index is 5.70. The summed E-state index contributed by atoms with van der Waals surface area (Å²) in [6.07, 6.45) is 2.03. The summed E-state index contributed by atoms with van der Waals surface area (Å²) in [5, 5.41) is 5.10. The molecule has 0 spiro atoms. The van der Waals surface area contributed by atoms with Gasteiger partial charge in [-0.25, -0.2) is 0 Å². The molecule has 2 heterocycles. The number of nitrogens with two attached hydrogens (primary N) is 1. The van der Waals surface area contributed by atoms with Crippen molar-refractivity contribution in [2.45, 2.75) is 13.0 Å². The first-order valence-corrected chi connectivity index (χ1v) is 5.80. The molecule has 0 aliphatic rings. The Bertz CT molecular complexity index is 696. The molecular formula is C13H14N4O. The molecule has 0 unspecified atom stereocenters. The number of fused-ring (bicyclic) bond motifs is 1. The average molecular weight is 242 g/mol. The molecule has 0 radical (unpaired) electrons. The summed E-state index contributed by atoms with van der Waals surface area (Å²) in [6.45, 7) is 1.82. The van der Waals surface area contributed by atoms with Crippen molar-refractivity contribution in [1.82, 2.24) is 14.7 Å². The summed E-state index contributed by atoms with van der Waals surface area (Å²) in [7, 11) is 2.02. The Morgan fingerprint density at radius 1 is 1.33 bits per heavy atom. The quantitative estimate of drug-likeness (QED) is 0.748. The molecule has 5 nitrogen and oxygen atoms in total. The van der Waals surface area contributed by atoms with Crippen molar-refractivity contribution < 1.29 is 4.52 Å². The molecule has 92 valence electrons. The van der Waals surface area contributed by atoms with Gasteiger partial charge in [0.1, 0.15) is 0 Å². The van der Waals surface area contributed by atoms with Crippen molar-refractivity contribution >= 4 is 10.9 Å². The molecular weight excluding hydrogens is 228 g/mol. The van der Waals surface area contributed by atoms with E-state index >= 15 is 0 Å². The van der Waals surface area contributed by atoms with Gasteiger partial charge in [0, 0.05) is 29.7 Å². The van der Waals surface area contributed by atoms with E-state index in [9.17, 15) is 0 Å². The van der Waals surface area contributed by atoms with Gasteiger partial charge in [-0.1, -0.05) is 5.16 Å². The van der Waals surface area contributed by atoms with Crippen molar-refractivity contribution in [2.75, 3.05) is 0 Å². The zero-order valence-corrected chi connectivity index (χ0v) is 10.3. The Hall–Kier alpha value is -2.14. The molecule has 0 aliphatic carbocycles. The van der Waals surface area contributed by atoms with Gasteiger partial charge in [0.05, 0.1) is 6.04 Å². The van der Waals surface area contributed by atoms with Crippen LogP contribution in [0.15, 0.2) is 35.0 Å². The van der Waals surface area contributed by atoms with E-state index < -0.39 is 0 Å². The second-order valence-electron chi connectivity index (χ2n) is 4.45. The highest BCUT2D eigenvalue weighted by molar-refractivity contribution is 5.84. The van der Waals surface area contributed by atoms with Crippen LogP contribution in [0.5, 0.6) is 0 Å². The lowest BCUT2D eigenvalue weighted by Crippen LogP contribution is -2.04. The molecule has 0 saturated heterocycles. The Morgan fingerprint density at radius 2 is 2.17 bits per heavy atom. The van der Waals surface area contributed by atoms with Crippen LogP contribution in [0.2, 0.25) is 0 Å². The van der Waals surface area contributed by atoms with Crippen LogP contribution in [0.25, 0.3) is 22.3 Å². The van der Waals surface area contributed by atoms with Gasteiger partial charge in [-0.2, -0.15) is 4.98 Å². The van der Waals surface area contributed by atoms with Crippen LogP contribution in [0.1, 0.15) is 18.9 Å². The van der Waals surface area contributed by atoms with Crippen molar-refractivity contribution in [3.8, 4) is 11.4 Å². The summed E-state index contributed by atoms with van der Waals surface area (Å²) < 4.78 is 7.18. The van der Waals surface area contributed by atoms with Gasteiger partial charge in [0.25, 0.3) is 0 Å². The standard InChI is InChI=1S/C13H14N4O/c1-8(14)13-15-12(16-18-13)10-3-4-11-9(7-10)5-6-17(11)2/h3-8H,14H2,1-2H3/t8-/m0/s1. The van der Waals surface area contributed by atoms with E-state index in [2.05, 4.69) is 20.8 Å². The molecule has 2 N–H and O–H groups in total. The lowest BCUT2D eigenvalue weighted by Gasteiger charge is -1.98. The first-order chi connectivity index (χ1) is 8.65. The lowest BCUT2D eigenvalue weighted by molar-refractivity contribution is 0.362. The van der Waals surface area contributed by atoms with Crippen LogP contribution in [0.3, 0.4) is 0 Å². The third kappa shape index (κ3) is 1.69. The molecule has 0 aliphatic heterocycles. The monoisotopic (exact) mass is 242 g/mol. The number of nitrogens with zero attached hydrogens (tertiary/aromatic N) is 3. The number of rotatable bonds is 2. The molecule has 2 aromatic heterocycles. The van der Waals surface area contributed by atoms with Crippen molar-refractivity contribution in [3.63, 3.8) is 0 Å². The molecule has 3 rings (SSSR count). The summed E-state index contributed by atoms with van der Waals surface area (Å²) in [5.74, 6) is 1.03. The summed E-state index contributed by atoms with van der Waals surface area (Å²) in [6, 6.07) is 7.90. The van der Waals surface area contributed by atoms with Gasteiger partial charge in [-0.3, -0.25) is 0 Å². The maximum atomic E-state index is 5.70. The minimum atomic E-state index is -0.244. The number of aryl methyl sites for hydroxylation is 1. The van der Waals surface area contributed by atoms with E-state index in [1.165, 1.54) is 5.52 Å². The van der Waals surface area contributed by atoms with Crippen molar-refractivity contribution in [1.29, 1.82) is 0 Å². The fourth-order valence-corrected chi connectivity index (χ4v) is 1.96. The minimum absolute atomic E-state index is 0.244. The van der Waals surface area contributed by atoms with Gasteiger partial charge in [-0.15, -0.1) is 0 Å². The van der Waals surface area contributed by atoms with E-state index in [-0.39, 0.29) is 6.04 Å². The Kier molecular flexibility index (Phi) is 2.41. The third-order valence-corrected chi connectivity index (χ3v) is 2.97. The largest absolute Gasteiger partial charge is 0.351 e. The first-order valence-electron chi connectivity index (χ1n) is 5.80. The first kappa shape index (κ1) is 11.0. The summed E-state index contributed by atoms with van der Waals surface area (Å²) in [5.41, 5.74) is 7.81. The fraction of sp³-hybridized carbons (Fsp3) is 0.231. The van der Waals surface area contributed by atoms with Gasteiger partial charge < -0.3 is 14.8 Å². The van der Waals surface area contributed by atoms with Crippen LogP contribution >= 0.6 is 0 Å². The highest BCUT2D eigenvalue weighted by Crippen LogP contribution is 2.23. The van der Waals surface area contributed by atoms with Crippen LogP contribution in [-0.4, -0.2) is 14.7 Å². The van der Waals surface area contributed by atoms with Crippen LogP contribution in [-0.2, 0) is 7.05 Å². The molecule has 1 atom stereocenters. The minimum Gasteiger partial charge on any atom is -0.351 e. The van der Waals surface area contributed by atoms with E-state index in [1.54, 1.807) is 0 Å². The third-order valence-electron chi connectivity index (χ3n) is 2.97. The number of aromatic nitrogens is 3. The molecule has 5 heteroatoms. The van der Waals surface area contributed by atoms with Crippen LogP contribution in [0, 0.1) is 0 Å².